The Morgan fingerprint density at radius 3 is 2.47 bits per heavy atom. The van der Waals surface area contributed by atoms with E-state index in [1.54, 1.807) is 32.2 Å². The first-order chi connectivity index (χ1) is 7.95. The molecule has 0 saturated heterocycles. The van der Waals surface area contributed by atoms with E-state index in [4.69, 9.17) is 5.11 Å². The normalized spacial score (nSPS) is 12.2. The molecule has 0 aromatic carbocycles. The van der Waals surface area contributed by atoms with Gasteiger partial charge in [0.1, 0.15) is 6.04 Å². The molecule has 1 rings (SSSR count). The maximum atomic E-state index is 12.0. The summed E-state index contributed by atoms with van der Waals surface area (Å²) < 4.78 is 0. The van der Waals surface area contributed by atoms with Crippen LogP contribution in [0, 0.1) is 5.92 Å². The highest BCUT2D eigenvalue weighted by Crippen LogP contribution is 2.12. The van der Waals surface area contributed by atoms with Crippen molar-refractivity contribution < 1.29 is 14.7 Å². The molecule has 0 bridgehead atoms. The molecule has 92 valence electrons. The standard InChI is InChI=1S/C12H16N2O3/c1-8(2)10(12(16)17)14(3)11(15)9-5-4-6-13-7-9/h4-8,10H,1-3H3,(H,16,17). The van der Waals surface area contributed by atoms with Gasteiger partial charge in [0.05, 0.1) is 5.56 Å². The van der Waals surface area contributed by atoms with Gasteiger partial charge in [-0.1, -0.05) is 13.8 Å². The number of likely N-dealkylation sites (N-methyl/N-ethyl adjacent to an activating group) is 1. The Balaban J connectivity index is 2.92. The lowest BCUT2D eigenvalue weighted by Gasteiger charge is -2.27. The van der Waals surface area contributed by atoms with Crippen LogP contribution in [0.5, 0.6) is 0 Å². The van der Waals surface area contributed by atoms with Crippen LogP contribution in [0.2, 0.25) is 0 Å². The van der Waals surface area contributed by atoms with Crippen molar-refractivity contribution in [3.8, 4) is 0 Å². The van der Waals surface area contributed by atoms with Crippen LogP contribution in [0.4, 0.5) is 0 Å². The predicted octanol–water partition coefficient (Wildman–Crippen LogP) is 1.26. The number of aliphatic carboxylic acids is 1. The van der Waals surface area contributed by atoms with Crippen molar-refractivity contribution in [2.75, 3.05) is 7.05 Å². The molecule has 1 unspecified atom stereocenters. The molecule has 0 fully saturated rings. The summed E-state index contributed by atoms with van der Waals surface area (Å²) in [6.45, 7) is 3.54. The molecule has 1 aromatic rings. The van der Waals surface area contributed by atoms with Crippen molar-refractivity contribution in [2.24, 2.45) is 5.92 Å². The molecule has 5 nitrogen and oxygen atoms in total. The summed E-state index contributed by atoms with van der Waals surface area (Å²) in [5.74, 6) is -1.49. The van der Waals surface area contributed by atoms with Crippen LogP contribution < -0.4 is 0 Å². The smallest absolute Gasteiger partial charge is 0.326 e. The molecule has 0 saturated carbocycles. The number of aromatic nitrogens is 1. The second-order valence-corrected chi connectivity index (χ2v) is 4.18. The van der Waals surface area contributed by atoms with Crippen LogP contribution in [0.15, 0.2) is 24.5 Å². The average Bonchev–Trinajstić information content (AvgIpc) is 2.28. The number of carbonyl (C=O) groups is 2. The molecule has 17 heavy (non-hydrogen) atoms. The number of rotatable bonds is 4. The van der Waals surface area contributed by atoms with Crippen LogP contribution in [0.25, 0.3) is 0 Å². The van der Waals surface area contributed by atoms with Crippen molar-refractivity contribution >= 4 is 11.9 Å². The quantitative estimate of drug-likeness (QED) is 0.854. The zero-order chi connectivity index (χ0) is 13.0. The SMILES string of the molecule is CC(C)C(C(=O)O)N(C)C(=O)c1cccnc1. The highest BCUT2D eigenvalue weighted by atomic mass is 16.4. The van der Waals surface area contributed by atoms with Gasteiger partial charge >= 0.3 is 5.97 Å². The molecule has 1 amide bonds. The molecule has 1 heterocycles. The number of carboxylic acids is 1. The summed E-state index contributed by atoms with van der Waals surface area (Å²) in [7, 11) is 1.49. The summed E-state index contributed by atoms with van der Waals surface area (Å²) in [6.07, 6.45) is 2.99. The number of carboxylic acid groups (broad SMARTS) is 1. The summed E-state index contributed by atoms with van der Waals surface area (Å²) >= 11 is 0. The number of amides is 1. The van der Waals surface area contributed by atoms with Gasteiger partial charge in [-0.3, -0.25) is 9.78 Å². The minimum atomic E-state index is -1.00. The first-order valence-electron chi connectivity index (χ1n) is 5.35. The minimum absolute atomic E-state index is 0.155. The monoisotopic (exact) mass is 236 g/mol. The number of pyridine rings is 1. The second-order valence-electron chi connectivity index (χ2n) is 4.18. The predicted molar refractivity (Wildman–Crippen MR) is 62.6 cm³/mol. The maximum absolute atomic E-state index is 12.0. The molecule has 5 heteroatoms. The van der Waals surface area contributed by atoms with E-state index >= 15 is 0 Å². The van der Waals surface area contributed by atoms with E-state index in [0.717, 1.165) is 0 Å². The van der Waals surface area contributed by atoms with Crippen LogP contribution >= 0.6 is 0 Å². The number of hydrogen-bond donors (Lipinski definition) is 1. The van der Waals surface area contributed by atoms with Crippen LogP contribution in [-0.4, -0.2) is 40.0 Å². The van der Waals surface area contributed by atoms with Gasteiger partial charge < -0.3 is 10.0 Å². The summed E-state index contributed by atoms with van der Waals surface area (Å²) in [5.41, 5.74) is 0.391. The zero-order valence-electron chi connectivity index (χ0n) is 10.1. The Morgan fingerprint density at radius 1 is 1.41 bits per heavy atom. The number of hydrogen-bond acceptors (Lipinski definition) is 3. The summed E-state index contributed by atoms with van der Waals surface area (Å²) in [6, 6.07) is 2.43. The van der Waals surface area contributed by atoms with Gasteiger partial charge in [0.25, 0.3) is 5.91 Å². The molecular formula is C12H16N2O3. The molecule has 0 spiro atoms. The largest absolute Gasteiger partial charge is 0.480 e. The number of nitrogens with zero attached hydrogens (tertiary/aromatic N) is 2. The van der Waals surface area contributed by atoms with Crippen molar-refractivity contribution in [3.05, 3.63) is 30.1 Å². The van der Waals surface area contributed by atoms with Gasteiger partial charge in [0.2, 0.25) is 0 Å². The average molecular weight is 236 g/mol. The van der Waals surface area contributed by atoms with Crippen molar-refractivity contribution in [1.29, 1.82) is 0 Å². The van der Waals surface area contributed by atoms with Gasteiger partial charge in [0, 0.05) is 19.4 Å². The Hall–Kier alpha value is -1.91. The van der Waals surface area contributed by atoms with E-state index in [1.165, 1.54) is 18.1 Å². The van der Waals surface area contributed by atoms with E-state index in [0.29, 0.717) is 5.56 Å². The molecular weight excluding hydrogens is 220 g/mol. The van der Waals surface area contributed by atoms with Gasteiger partial charge in [-0.2, -0.15) is 0 Å². The van der Waals surface area contributed by atoms with E-state index in [9.17, 15) is 9.59 Å². The summed E-state index contributed by atoms with van der Waals surface area (Å²) in [4.78, 5) is 28.2. The third-order valence-electron chi connectivity index (χ3n) is 2.53. The maximum Gasteiger partial charge on any atom is 0.326 e. The third-order valence-corrected chi connectivity index (χ3v) is 2.53. The van der Waals surface area contributed by atoms with Crippen molar-refractivity contribution in [2.45, 2.75) is 19.9 Å². The van der Waals surface area contributed by atoms with Crippen LogP contribution in [-0.2, 0) is 4.79 Å². The molecule has 0 aliphatic carbocycles. The van der Waals surface area contributed by atoms with Gasteiger partial charge in [0.15, 0.2) is 0 Å². The molecule has 1 N–H and O–H groups in total. The second kappa shape index (κ2) is 5.43. The van der Waals surface area contributed by atoms with E-state index in [-0.39, 0.29) is 11.8 Å². The first kappa shape index (κ1) is 13.2. The van der Waals surface area contributed by atoms with E-state index < -0.39 is 12.0 Å². The van der Waals surface area contributed by atoms with Gasteiger partial charge in [-0.25, -0.2) is 4.79 Å². The van der Waals surface area contributed by atoms with E-state index in [2.05, 4.69) is 4.98 Å². The Kier molecular flexibility index (Phi) is 4.20. The number of carbonyl (C=O) groups excluding carboxylic acids is 1. The molecule has 1 aromatic heterocycles. The lowest BCUT2D eigenvalue weighted by molar-refractivity contribution is -0.143. The first-order valence-corrected chi connectivity index (χ1v) is 5.35. The van der Waals surface area contributed by atoms with Crippen molar-refractivity contribution in [1.82, 2.24) is 9.88 Å². The highest BCUT2D eigenvalue weighted by molar-refractivity contribution is 5.96. The Morgan fingerprint density at radius 2 is 2.06 bits per heavy atom. The fourth-order valence-electron chi connectivity index (χ4n) is 1.72. The molecule has 0 aliphatic heterocycles. The Bertz CT molecular complexity index is 403. The summed E-state index contributed by atoms with van der Waals surface area (Å²) in [5, 5.41) is 9.10. The lowest BCUT2D eigenvalue weighted by Crippen LogP contribution is -2.45. The highest BCUT2D eigenvalue weighted by Gasteiger charge is 2.29. The fraction of sp³-hybridized carbons (Fsp3) is 0.417. The molecule has 0 aliphatic rings. The molecule has 0 radical (unpaired) electrons. The fourth-order valence-corrected chi connectivity index (χ4v) is 1.72. The lowest BCUT2D eigenvalue weighted by atomic mass is 10.0. The third kappa shape index (κ3) is 3.03. The van der Waals surface area contributed by atoms with Crippen LogP contribution in [0.1, 0.15) is 24.2 Å². The van der Waals surface area contributed by atoms with Gasteiger partial charge in [-0.15, -0.1) is 0 Å². The zero-order valence-corrected chi connectivity index (χ0v) is 10.1. The Labute approximate surface area is 100 Å². The molecule has 1 atom stereocenters. The van der Waals surface area contributed by atoms with Crippen LogP contribution in [0.3, 0.4) is 0 Å². The van der Waals surface area contributed by atoms with Gasteiger partial charge in [-0.05, 0) is 18.1 Å². The van der Waals surface area contributed by atoms with Crippen molar-refractivity contribution in [3.63, 3.8) is 0 Å². The topological polar surface area (TPSA) is 70.5 Å². The minimum Gasteiger partial charge on any atom is -0.480 e. The van der Waals surface area contributed by atoms with E-state index in [1.807, 2.05) is 0 Å².